The molecule has 1 N–H and O–H groups in total. The zero-order valence-electron chi connectivity index (χ0n) is 18.6. The van der Waals surface area contributed by atoms with Gasteiger partial charge in [0.2, 0.25) is 11.8 Å². The minimum Gasteiger partial charge on any atom is -0.441 e. The van der Waals surface area contributed by atoms with Crippen LogP contribution in [0.25, 0.3) is 11.3 Å². The molecule has 33 heavy (non-hydrogen) atoms. The second-order valence-corrected chi connectivity index (χ2v) is 8.20. The number of hydrogen-bond acceptors (Lipinski definition) is 5. The lowest BCUT2D eigenvalue weighted by Crippen LogP contribution is -2.50. The van der Waals surface area contributed by atoms with E-state index in [4.69, 9.17) is 4.42 Å². The van der Waals surface area contributed by atoms with E-state index in [2.05, 4.69) is 10.3 Å². The second kappa shape index (κ2) is 10.4. The molecule has 1 fully saturated rings. The molecule has 4 rings (SSSR count). The van der Waals surface area contributed by atoms with Crippen LogP contribution in [0, 0.1) is 12.7 Å². The SMILES string of the molecule is Cc1ccc(-c2cnc(CCC(=O)N3CCN(CC(=O)Nc4ccc(F)cc4)CC3)o2)cc1. The maximum atomic E-state index is 13.0. The first-order valence-electron chi connectivity index (χ1n) is 11.0. The Kier molecular flexibility index (Phi) is 7.14. The van der Waals surface area contributed by atoms with Gasteiger partial charge in [-0.3, -0.25) is 14.5 Å². The Balaban J connectivity index is 1.19. The molecule has 2 amide bonds. The van der Waals surface area contributed by atoms with Crippen molar-refractivity contribution in [2.24, 2.45) is 0 Å². The van der Waals surface area contributed by atoms with Crippen molar-refractivity contribution in [2.75, 3.05) is 38.0 Å². The van der Waals surface area contributed by atoms with E-state index in [0.717, 1.165) is 5.56 Å². The first-order valence-corrected chi connectivity index (χ1v) is 11.0. The summed E-state index contributed by atoms with van der Waals surface area (Å²) in [6.45, 7) is 4.66. The number of aryl methyl sites for hydroxylation is 2. The fourth-order valence-corrected chi connectivity index (χ4v) is 3.74. The molecule has 0 unspecified atom stereocenters. The summed E-state index contributed by atoms with van der Waals surface area (Å²) in [5.74, 6) is 0.804. The van der Waals surface area contributed by atoms with Gasteiger partial charge in [-0.1, -0.05) is 29.8 Å². The third kappa shape index (κ3) is 6.26. The number of anilines is 1. The molecule has 1 aliphatic heterocycles. The number of rotatable bonds is 7. The van der Waals surface area contributed by atoms with E-state index in [1.807, 2.05) is 41.0 Å². The maximum Gasteiger partial charge on any atom is 0.238 e. The lowest BCUT2D eigenvalue weighted by atomic mass is 10.1. The fourth-order valence-electron chi connectivity index (χ4n) is 3.74. The first kappa shape index (κ1) is 22.7. The van der Waals surface area contributed by atoms with Gasteiger partial charge in [0.1, 0.15) is 5.82 Å². The van der Waals surface area contributed by atoms with Gasteiger partial charge in [-0.2, -0.15) is 0 Å². The van der Waals surface area contributed by atoms with Gasteiger partial charge in [0.25, 0.3) is 0 Å². The molecule has 0 radical (unpaired) electrons. The minimum absolute atomic E-state index is 0.0560. The molecule has 8 heteroatoms. The minimum atomic E-state index is -0.344. The lowest BCUT2D eigenvalue weighted by molar-refractivity contribution is -0.133. The average molecular weight is 451 g/mol. The Morgan fingerprint density at radius 1 is 1.03 bits per heavy atom. The smallest absolute Gasteiger partial charge is 0.238 e. The van der Waals surface area contributed by atoms with E-state index in [-0.39, 0.29) is 24.2 Å². The van der Waals surface area contributed by atoms with E-state index in [1.165, 1.54) is 29.8 Å². The average Bonchev–Trinajstić information content (AvgIpc) is 3.29. The summed E-state index contributed by atoms with van der Waals surface area (Å²) in [4.78, 5) is 33.0. The summed E-state index contributed by atoms with van der Waals surface area (Å²) in [5, 5.41) is 2.76. The Morgan fingerprint density at radius 3 is 2.42 bits per heavy atom. The van der Waals surface area contributed by atoms with Crippen molar-refractivity contribution >= 4 is 17.5 Å². The summed E-state index contributed by atoms with van der Waals surface area (Å²) in [6, 6.07) is 13.7. The number of nitrogens with one attached hydrogen (secondary N) is 1. The van der Waals surface area contributed by atoms with Crippen LogP contribution in [-0.4, -0.2) is 59.3 Å². The number of oxazole rings is 1. The number of carbonyl (C=O) groups is 2. The normalized spacial score (nSPS) is 14.3. The van der Waals surface area contributed by atoms with Gasteiger partial charge in [0.05, 0.1) is 12.7 Å². The lowest BCUT2D eigenvalue weighted by Gasteiger charge is -2.34. The van der Waals surface area contributed by atoms with Crippen molar-refractivity contribution in [1.29, 1.82) is 0 Å². The van der Waals surface area contributed by atoms with Crippen molar-refractivity contribution < 1.29 is 18.4 Å². The highest BCUT2D eigenvalue weighted by Gasteiger charge is 2.22. The number of aromatic nitrogens is 1. The zero-order valence-corrected chi connectivity index (χ0v) is 18.6. The number of nitrogens with zero attached hydrogens (tertiary/aromatic N) is 3. The zero-order chi connectivity index (χ0) is 23.2. The van der Waals surface area contributed by atoms with Gasteiger partial charge >= 0.3 is 0 Å². The van der Waals surface area contributed by atoms with Crippen LogP contribution in [0.2, 0.25) is 0 Å². The number of piperazine rings is 1. The predicted molar refractivity (Wildman–Crippen MR) is 123 cm³/mol. The van der Waals surface area contributed by atoms with Gasteiger partial charge in [-0.15, -0.1) is 0 Å². The molecule has 172 valence electrons. The van der Waals surface area contributed by atoms with Crippen molar-refractivity contribution in [3.63, 3.8) is 0 Å². The Morgan fingerprint density at radius 2 is 1.73 bits per heavy atom. The summed E-state index contributed by atoms with van der Waals surface area (Å²) in [6.07, 6.45) is 2.48. The number of benzene rings is 2. The fraction of sp³-hybridized carbons (Fsp3) is 0.320. The van der Waals surface area contributed by atoms with Gasteiger partial charge in [-0.25, -0.2) is 9.37 Å². The number of hydrogen-bond donors (Lipinski definition) is 1. The molecular formula is C25H27FN4O3. The largest absolute Gasteiger partial charge is 0.441 e. The summed E-state index contributed by atoms with van der Waals surface area (Å²) in [5.41, 5.74) is 2.70. The highest BCUT2D eigenvalue weighted by atomic mass is 19.1. The van der Waals surface area contributed by atoms with Crippen LogP contribution >= 0.6 is 0 Å². The highest BCUT2D eigenvalue weighted by molar-refractivity contribution is 5.92. The van der Waals surface area contributed by atoms with Crippen LogP contribution in [-0.2, 0) is 16.0 Å². The van der Waals surface area contributed by atoms with Gasteiger partial charge in [0, 0.05) is 50.3 Å². The molecule has 1 aliphatic rings. The predicted octanol–water partition coefficient (Wildman–Crippen LogP) is 3.50. The number of amides is 2. The molecule has 0 spiro atoms. The molecule has 1 aromatic heterocycles. The Hall–Kier alpha value is -3.52. The van der Waals surface area contributed by atoms with E-state index in [1.54, 1.807) is 6.20 Å². The molecule has 0 saturated carbocycles. The van der Waals surface area contributed by atoms with Crippen LogP contribution in [0.15, 0.2) is 59.1 Å². The topological polar surface area (TPSA) is 78.7 Å². The standard InChI is InChI=1S/C25H27FN4O3/c1-18-2-4-19(5-3-18)22-16-27-24(33-22)10-11-25(32)30-14-12-29(13-15-30)17-23(31)28-21-8-6-20(26)7-9-21/h2-9,16H,10-15,17H2,1H3,(H,28,31). The van der Waals surface area contributed by atoms with Crippen molar-refractivity contribution in [3.8, 4) is 11.3 Å². The number of halogens is 1. The molecule has 2 aromatic carbocycles. The quantitative estimate of drug-likeness (QED) is 0.596. The van der Waals surface area contributed by atoms with Gasteiger partial charge in [-0.05, 0) is 31.2 Å². The third-order valence-electron chi connectivity index (χ3n) is 5.66. The second-order valence-electron chi connectivity index (χ2n) is 8.20. The van der Waals surface area contributed by atoms with Crippen LogP contribution in [0.1, 0.15) is 17.9 Å². The van der Waals surface area contributed by atoms with Crippen molar-refractivity contribution in [1.82, 2.24) is 14.8 Å². The van der Waals surface area contributed by atoms with E-state index < -0.39 is 0 Å². The van der Waals surface area contributed by atoms with E-state index >= 15 is 0 Å². The highest BCUT2D eigenvalue weighted by Crippen LogP contribution is 2.21. The van der Waals surface area contributed by atoms with Crippen LogP contribution < -0.4 is 5.32 Å². The van der Waals surface area contributed by atoms with Gasteiger partial charge < -0.3 is 14.6 Å². The molecule has 2 heterocycles. The monoisotopic (exact) mass is 450 g/mol. The summed E-state index contributed by atoms with van der Waals surface area (Å²) >= 11 is 0. The van der Waals surface area contributed by atoms with Crippen LogP contribution in [0.5, 0.6) is 0 Å². The molecule has 7 nitrogen and oxygen atoms in total. The molecule has 3 aromatic rings. The first-order chi connectivity index (χ1) is 16.0. The van der Waals surface area contributed by atoms with E-state index in [0.29, 0.717) is 56.4 Å². The molecule has 0 atom stereocenters. The molecule has 0 aliphatic carbocycles. The van der Waals surface area contributed by atoms with Gasteiger partial charge in [0.15, 0.2) is 11.7 Å². The third-order valence-corrected chi connectivity index (χ3v) is 5.66. The summed E-state index contributed by atoms with van der Waals surface area (Å²) in [7, 11) is 0. The molecule has 0 bridgehead atoms. The Labute approximate surface area is 192 Å². The van der Waals surface area contributed by atoms with Crippen LogP contribution in [0.3, 0.4) is 0 Å². The van der Waals surface area contributed by atoms with Crippen molar-refractivity contribution in [2.45, 2.75) is 19.8 Å². The Bertz CT molecular complexity index is 1090. The number of carbonyl (C=O) groups excluding carboxylic acids is 2. The van der Waals surface area contributed by atoms with Crippen LogP contribution in [0.4, 0.5) is 10.1 Å². The maximum absolute atomic E-state index is 13.0. The van der Waals surface area contributed by atoms with Crippen molar-refractivity contribution in [3.05, 3.63) is 72.0 Å². The molecular weight excluding hydrogens is 423 g/mol. The van der Waals surface area contributed by atoms with E-state index in [9.17, 15) is 14.0 Å². The summed E-state index contributed by atoms with van der Waals surface area (Å²) < 4.78 is 18.8. The molecule has 1 saturated heterocycles.